The molecule has 2 fully saturated rings. The van der Waals surface area contributed by atoms with Crippen LogP contribution in [0.5, 0.6) is 0 Å². The summed E-state index contributed by atoms with van der Waals surface area (Å²) in [7, 11) is 0. The number of halogens is 1. The molecule has 2 heterocycles. The summed E-state index contributed by atoms with van der Waals surface area (Å²) in [6, 6.07) is 7.29. The number of likely N-dealkylation sites (tertiary alicyclic amines) is 1. The smallest absolute Gasteiger partial charge is 0.271 e. The van der Waals surface area contributed by atoms with Crippen LogP contribution in [0, 0.1) is 5.92 Å². The normalized spacial score (nSPS) is 17.4. The van der Waals surface area contributed by atoms with E-state index in [9.17, 15) is 19.2 Å². The third-order valence-electron chi connectivity index (χ3n) is 7.71. The van der Waals surface area contributed by atoms with Crippen molar-refractivity contribution in [1.82, 2.24) is 35.7 Å². The van der Waals surface area contributed by atoms with Crippen LogP contribution >= 0.6 is 12.4 Å². The molecule has 1 aliphatic carbocycles. The topological polar surface area (TPSA) is 201 Å². The highest BCUT2D eigenvalue weighted by atomic mass is 35.5. The molecule has 4 amide bonds. The zero-order chi connectivity index (χ0) is 31.3. The standard InChI is InChI=1S/C30H42N10O4.ClH/c31-24(15-21-5-2-1-3-6-21)28(42)38-25(16-27(41)36-17-22-7-4-13-39(19-22)20-37-32)30(44)40(23-8-9-23)14-12-35-29(43)26-18-33-10-11-34-26;/h1-3,5-6,10-11,18,20,22-25H,4,7-9,12-17,19,31-32H2,(H,35,43)(H,36,41)(H,38,42);1H/t22-,24-,25-;/m0./s1. The van der Waals surface area contributed by atoms with E-state index in [-0.39, 0.29) is 67.8 Å². The Morgan fingerprint density at radius 2 is 1.89 bits per heavy atom. The van der Waals surface area contributed by atoms with Gasteiger partial charge in [0, 0.05) is 51.2 Å². The number of piperidine rings is 1. The number of amides is 4. The Bertz CT molecular complexity index is 1280. The van der Waals surface area contributed by atoms with Crippen molar-refractivity contribution in [2.24, 2.45) is 22.6 Å². The first-order valence-electron chi connectivity index (χ1n) is 15.0. The number of carbonyl (C=O) groups is 4. The van der Waals surface area contributed by atoms with E-state index in [0.29, 0.717) is 13.1 Å². The number of benzene rings is 1. The average Bonchev–Trinajstić information content (AvgIpc) is 3.88. The molecule has 4 rings (SSSR count). The van der Waals surface area contributed by atoms with Gasteiger partial charge in [-0.25, -0.2) is 4.98 Å². The van der Waals surface area contributed by atoms with E-state index >= 15 is 0 Å². The van der Waals surface area contributed by atoms with Gasteiger partial charge in [-0.1, -0.05) is 30.3 Å². The van der Waals surface area contributed by atoms with Crippen LogP contribution in [0.3, 0.4) is 0 Å². The van der Waals surface area contributed by atoms with Gasteiger partial charge in [0.25, 0.3) is 5.91 Å². The predicted molar refractivity (Wildman–Crippen MR) is 171 cm³/mol. The lowest BCUT2D eigenvalue weighted by Gasteiger charge is -2.31. The van der Waals surface area contributed by atoms with Crippen LogP contribution < -0.4 is 27.5 Å². The zero-order valence-corrected chi connectivity index (χ0v) is 26.0. The Hall–Kier alpha value is -4.30. The molecule has 244 valence electrons. The van der Waals surface area contributed by atoms with Gasteiger partial charge in [0.2, 0.25) is 17.7 Å². The maximum atomic E-state index is 13.9. The van der Waals surface area contributed by atoms with Crippen molar-refractivity contribution < 1.29 is 19.2 Å². The summed E-state index contributed by atoms with van der Waals surface area (Å²) in [4.78, 5) is 64.1. The molecule has 1 saturated carbocycles. The Morgan fingerprint density at radius 3 is 2.58 bits per heavy atom. The number of nitrogens with one attached hydrogen (secondary N) is 3. The highest BCUT2D eigenvalue weighted by molar-refractivity contribution is 5.94. The van der Waals surface area contributed by atoms with Crippen LogP contribution in [0.1, 0.15) is 48.2 Å². The summed E-state index contributed by atoms with van der Waals surface area (Å²) in [5, 5.41) is 12.0. The fourth-order valence-electron chi connectivity index (χ4n) is 5.27. The molecule has 1 aromatic carbocycles. The molecule has 1 saturated heterocycles. The van der Waals surface area contributed by atoms with Crippen molar-refractivity contribution in [3.05, 3.63) is 60.2 Å². The van der Waals surface area contributed by atoms with Gasteiger partial charge in [-0.2, -0.15) is 5.10 Å². The summed E-state index contributed by atoms with van der Waals surface area (Å²) < 4.78 is 0. The van der Waals surface area contributed by atoms with Crippen LogP contribution in [0.15, 0.2) is 54.0 Å². The van der Waals surface area contributed by atoms with Gasteiger partial charge in [-0.05, 0) is 43.6 Å². The highest BCUT2D eigenvalue weighted by Gasteiger charge is 2.37. The van der Waals surface area contributed by atoms with Crippen LogP contribution in [-0.2, 0) is 20.8 Å². The van der Waals surface area contributed by atoms with Gasteiger partial charge in [0.15, 0.2) is 0 Å². The number of carbonyl (C=O) groups excluding carboxylic acids is 4. The van der Waals surface area contributed by atoms with Gasteiger partial charge in [0.1, 0.15) is 18.1 Å². The lowest BCUT2D eigenvalue weighted by Crippen LogP contribution is -2.55. The molecule has 0 spiro atoms. The Balaban J connectivity index is 0.00000552. The second-order valence-electron chi connectivity index (χ2n) is 11.2. The SMILES string of the molecule is Cl.NN=CN1CCC[C@@H](CNC(=O)C[C@H](NC(=O)[C@@H](N)Cc2ccccc2)C(=O)N(CCNC(=O)c2cnccn2)C2CC2)C1. The molecule has 45 heavy (non-hydrogen) atoms. The zero-order valence-electron chi connectivity index (χ0n) is 25.2. The molecule has 1 aromatic heterocycles. The maximum absolute atomic E-state index is 13.9. The average molecular weight is 643 g/mol. The molecule has 0 bridgehead atoms. The second kappa shape index (κ2) is 17.9. The van der Waals surface area contributed by atoms with Gasteiger partial charge in [0.05, 0.1) is 18.7 Å². The van der Waals surface area contributed by atoms with E-state index in [1.807, 2.05) is 35.2 Å². The fourth-order valence-corrected chi connectivity index (χ4v) is 5.27. The first-order chi connectivity index (χ1) is 21.3. The molecule has 2 aliphatic rings. The lowest BCUT2D eigenvalue weighted by atomic mass is 9.98. The Morgan fingerprint density at radius 1 is 1.11 bits per heavy atom. The van der Waals surface area contributed by atoms with E-state index in [1.165, 1.54) is 18.6 Å². The monoisotopic (exact) mass is 642 g/mol. The van der Waals surface area contributed by atoms with Crippen molar-refractivity contribution in [1.29, 1.82) is 0 Å². The molecular weight excluding hydrogens is 600 g/mol. The number of nitrogens with two attached hydrogens (primary N) is 2. The van der Waals surface area contributed by atoms with Crippen molar-refractivity contribution in [3.8, 4) is 0 Å². The van der Waals surface area contributed by atoms with Gasteiger partial charge < -0.3 is 37.3 Å². The van der Waals surface area contributed by atoms with Crippen LogP contribution in [0.4, 0.5) is 0 Å². The number of rotatable bonds is 15. The second-order valence-corrected chi connectivity index (χ2v) is 11.2. The van der Waals surface area contributed by atoms with E-state index in [0.717, 1.165) is 37.8 Å². The first-order valence-corrected chi connectivity index (χ1v) is 15.0. The minimum Gasteiger partial charge on any atom is -0.361 e. The largest absolute Gasteiger partial charge is 0.361 e. The van der Waals surface area contributed by atoms with Gasteiger partial charge in [-0.15, -0.1) is 12.4 Å². The minimum absolute atomic E-state index is 0. The summed E-state index contributed by atoms with van der Waals surface area (Å²) in [5.41, 5.74) is 7.27. The summed E-state index contributed by atoms with van der Waals surface area (Å²) in [5.74, 6) is 3.83. The molecule has 0 unspecified atom stereocenters. The molecule has 0 radical (unpaired) electrons. The lowest BCUT2D eigenvalue weighted by molar-refractivity contribution is -0.139. The quantitative estimate of drug-likeness (QED) is 0.0754. The van der Waals surface area contributed by atoms with Crippen molar-refractivity contribution in [2.75, 3.05) is 32.7 Å². The van der Waals surface area contributed by atoms with Crippen molar-refractivity contribution in [3.63, 3.8) is 0 Å². The summed E-state index contributed by atoms with van der Waals surface area (Å²) in [6.07, 6.45) is 9.39. The summed E-state index contributed by atoms with van der Waals surface area (Å²) >= 11 is 0. The van der Waals surface area contributed by atoms with E-state index in [4.69, 9.17) is 11.6 Å². The maximum Gasteiger partial charge on any atom is 0.271 e. The molecule has 7 N–H and O–H groups in total. The van der Waals surface area contributed by atoms with E-state index in [1.54, 1.807) is 11.2 Å². The first kappa shape index (κ1) is 35.2. The van der Waals surface area contributed by atoms with Gasteiger partial charge >= 0.3 is 0 Å². The molecular formula is C30H43ClN10O4. The Kier molecular flexibility index (Phi) is 14.0. The molecule has 15 heteroatoms. The number of hydrogen-bond donors (Lipinski definition) is 5. The number of hydrogen-bond acceptors (Lipinski definition) is 9. The third kappa shape index (κ3) is 11.3. The number of nitrogens with zero attached hydrogens (tertiary/aromatic N) is 5. The van der Waals surface area contributed by atoms with Crippen LogP contribution in [0.2, 0.25) is 0 Å². The predicted octanol–water partition coefficient (Wildman–Crippen LogP) is -0.206. The molecule has 1 aliphatic heterocycles. The minimum atomic E-state index is -1.12. The van der Waals surface area contributed by atoms with Crippen molar-refractivity contribution in [2.45, 2.75) is 56.7 Å². The molecule has 14 nitrogen and oxygen atoms in total. The summed E-state index contributed by atoms with van der Waals surface area (Å²) in [6.45, 7) is 2.37. The van der Waals surface area contributed by atoms with E-state index < -0.39 is 23.9 Å². The van der Waals surface area contributed by atoms with Crippen molar-refractivity contribution >= 4 is 42.4 Å². The third-order valence-corrected chi connectivity index (χ3v) is 7.71. The van der Waals surface area contributed by atoms with Gasteiger partial charge in [-0.3, -0.25) is 24.2 Å². The Labute approximate surface area is 269 Å². The van der Waals surface area contributed by atoms with E-state index in [2.05, 4.69) is 31.0 Å². The number of aromatic nitrogens is 2. The fraction of sp³-hybridized carbons (Fsp3) is 0.500. The highest BCUT2D eigenvalue weighted by Crippen LogP contribution is 2.27. The van der Waals surface area contributed by atoms with Crippen LogP contribution in [0.25, 0.3) is 0 Å². The molecule has 3 atom stereocenters. The number of hydrazone groups is 1. The van der Waals surface area contributed by atoms with Crippen LogP contribution in [-0.4, -0.2) is 101 Å². The molecule has 2 aromatic rings.